The molecule has 0 fully saturated rings. The number of aromatic nitrogens is 5. The molecule has 3 aromatic heterocycles. The van der Waals surface area contributed by atoms with Crippen LogP contribution in [0.2, 0.25) is 0 Å². The van der Waals surface area contributed by atoms with Crippen LogP contribution in [0.15, 0.2) is 76.9 Å². The van der Waals surface area contributed by atoms with Crippen LogP contribution in [0.5, 0.6) is 0 Å². The fourth-order valence-electron chi connectivity index (χ4n) is 3.03. The number of fused-ring (bicyclic) bond motifs is 1. The molecule has 5 aromatic rings. The van der Waals surface area contributed by atoms with E-state index in [1.54, 1.807) is 28.9 Å². The zero-order valence-corrected chi connectivity index (χ0v) is 16.3. The average molecular weight is 414 g/mol. The monoisotopic (exact) mass is 414 g/mol. The lowest BCUT2D eigenvalue weighted by molar-refractivity contribution is 0.101. The molecule has 0 unspecified atom stereocenters. The van der Waals surface area contributed by atoms with Crippen LogP contribution >= 0.6 is 11.3 Å². The first-order valence-corrected chi connectivity index (χ1v) is 9.94. The van der Waals surface area contributed by atoms with Gasteiger partial charge in [0.25, 0.3) is 11.5 Å². The summed E-state index contributed by atoms with van der Waals surface area (Å²) in [7, 11) is 0. The van der Waals surface area contributed by atoms with E-state index in [1.165, 1.54) is 11.3 Å². The van der Waals surface area contributed by atoms with Crippen LogP contribution in [0.1, 0.15) is 10.6 Å². The first-order chi connectivity index (χ1) is 14.7. The first kappa shape index (κ1) is 18.0. The van der Waals surface area contributed by atoms with Crippen LogP contribution in [0.3, 0.4) is 0 Å². The van der Waals surface area contributed by atoms with Gasteiger partial charge in [-0.05, 0) is 35.7 Å². The molecule has 9 heteroatoms. The summed E-state index contributed by atoms with van der Waals surface area (Å²) in [6.07, 6.45) is 0. The van der Waals surface area contributed by atoms with E-state index in [2.05, 4.69) is 25.4 Å². The summed E-state index contributed by atoms with van der Waals surface area (Å²) in [4.78, 5) is 37.2. The molecule has 30 heavy (non-hydrogen) atoms. The van der Waals surface area contributed by atoms with Crippen LogP contribution in [0.4, 0.5) is 5.95 Å². The molecule has 8 nitrogen and oxygen atoms in total. The third-order valence-corrected chi connectivity index (χ3v) is 5.26. The molecule has 1 amide bonds. The van der Waals surface area contributed by atoms with Crippen LogP contribution < -0.4 is 10.9 Å². The number of hydrogen-bond donors (Lipinski definition) is 2. The number of rotatable bonds is 4. The van der Waals surface area contributed by atoms with Crippen molar-refractivity contribution in [1.29, 1.82) is 0 Å². The molecular formula is C21H14N6O2S. The van der Waals surface area contributed by atoms with E-state index in [1.807, 2.05) is 47.8 Å². The minimum absolute atomic E-state index is 0.0296. The van der Waals surface area contributed by atoms with Gasteiger partial charge >= 0.3 is 0 Å². The number of aromatic amines is 1. The second kappa shape index (κ2) is 7.37. The van der Waals surface area contributed by atoms with Crippen LogP contribution in [0.25, 0.3) is 27.3 Å². The van der Waals surface area contributed by atoms with Gasteiger partial charge < -0.3 is 0 Å². The van der Waals surface area contributed by atoms with Crippen molar-refractivity contribution >= 4 is 34.1 Å². The Hall–Kier alpha value is -4.11. The third kappa shape index (κ3) is 3.27. The van der Waals surface area contributed by atoms with E-state index >= 15 is 0 Å². The maximum Gasteiger partial charge on any atom is 0.297 e. The summed E-state index contributed by atoms with van der Waals surface area (Å²) in [6.45, 7) is 0. The van der Waals surface area contributed by atoms with Crippen molar-refractivity contribution in [3.05, 3.63) is 88.3 Å². The van der Waals surface area contributed by atoms with E-state index < -0.39 is 5.91 Å². The Labute approximate surface area is 173 Å². The maximum atomic E-state index is 12.8. The molecule has 0 saturated carbocycles. The first-order valence-electron chi connectivity index (χ1n) is 9.06. The SMILES string of the molecule is O=C(Nc1nc2ccccc2c(=O)[nH]1)c1nc(-c2cccs2)n(-c2ccccc2)n1. The fraction of sp³-hybridized carbons (Fsp3) is 0. The molecule has 146 valence electrons. The van der Waals surface area contributed by atoms with Gasteiger partial charge in [-0.15, -0.1) is 16.4 Å². The lowest BCUT2D eigenvalue weighted by Crippen LogP contribution is -2.19. The van der Waals surface area contributed by atoms with Gasteiger partial charge in [0.2, 0.25) is 11.8 Å². The second-order valence-corrected chi connectivity index (χ2v) is 7.32. The van der Waals surface area contributed by atoms with Crippen molar-refractivity contribution in [3.63, 3.8) is 0 Å². The van der Waals surface area contributed by atoms with Crippen molar-refractivity contribution in [2.24, 2.45) is 0 Å². The maximum absolute atomic E-state index is 12.8. The number of hydrogen-bond acceptors (Lipinski definition) is 6. The largest absolute Gasteiger partial charge is 0.297 e. The molecule has 0 radical (unpaired) electrons. The molecule has 2 N–H and O–H groups in total. The highest BCUT2D eigenvalue weighted by Crippen LogP contribution is 2.25. The number of nitrogens with one attached hydrogen (secondary N) is 2. The number of thiophene rings is 1. The van der Waals surface area contributed by atoms with E-state index in [0.717, 1.165) is 10.6 Å². The minimum atomic E-state index is -0.569. The van der Waals surface area contributed by atoms with E-state index in [0.29, 0.717) is 16.7 Å². The lowest BCUT2D eigenvalue weighted by Gasteiger charge is -2.04. The molecule has 0 bridgehead atoms. The van der Waals surface area contributed by atoms with Crippen LogP contribution in [-0.4, -0.2) is 30.6 Å². The van der Waals surface area contributed by atoms with Crippen LogP contribution in [-0.2, 0) is 0 Å². The number of H-pyrrole nitrogens is 1. The number of amides is 1. The summed E-state index contributed by atoms with van der Waals surface area (Å²) in [5, 5.41) is 9.37. The molecule has 2 aromatic carbocycles. The summed E-state index contributed by atoms with van der Waals surface area (Å²) >= 11 is 1.50. The number of carbonyl (C=O) groups excluding carboxylic acids is 1. The zero-order chi connectivity index (χ0) is 20.5. The highest BCUT2D eigenvalue weighted by Gasteiger charge is 2.20. The Kier molecular flexibility index (Phi) is 4.41. The Morgan fingerprint density at radius 2 is 1.77 bits per heavy atom. The van der Waals surface area contributed by atoms with E-state index in [9.17, 15) is 9.59 Å². The number of nitrogens with zero attached hydrogens (tertiary/aromatic N) is 4. The summed E-state index contributed by atoms with van der Waals surface area (Å²) in [5.74, 6) is -0.00210. The quantitative estimate of drug-likeness (QED) is 0.468. The number of para-hydroxylation sites is 2. The highest BCUT2D eigenvalue weighted by molar-refractivity contribution is 7.13. The molecule has 5 rings (SSSR count). The average Bonchev–Trinajstić information content (AvgIpc) is 3.44. The second-order valence-electron chi connectivity index (χ2n) is 6.37. The Balaban J connectivity index is 1.53. The number of carbonyl (C=O) groups is 1. The smallest absolute Gasteiger partial charge is 0.292 e. The zero-order valence-electron chi connectivity index (χ0n) is 15.4. The van der Waals surface area contributed by atoms with E-state index in [-0.39, 0.29) is 17.3 Å². The van der Waals surface area contributed by atoms with Crippen LogP contribution in [0, 0.1) is 0 Å². The molecular weight excluding hydrogens is 400 g/mol. The molecule has 0 aliphatic carbocycles. The Bertz CT molecular complexity index is 1410. The van der Waals surface area contributed by atoms with Gasteiger partial charge in [-0.1, -0.05) is 36.4 Å². The predicted octanol–water partition coefficient (Wildman–Crippen LogP) is 3.48. The molecule has 0 saturated heterocycles. The standard InChI is InChI=1S/C21H14N6O2S/c28-19-14-9-4-5-10-15(14)22-21(24-19)25-20(29)17-23-18(16-11-6-12-30-16)27(26-17)13-7-2-1-3-8-13/h1-12H,(H2,22,24,25,28,29). The molecule has 0 aliphatic heterocycles. The third-order valence-electron chi connectivity index (χ3n) is 4.40. The van der Waals surface area contributed by atoms with Gasteiger partial charge in [0, 0.05) is 0 Å². The van der Waals surface area contributed by atoms with Gasteiger partial charge in [-0.2, -0.15) is 0 Å². The van der Waals surface area contributed by atoms with Gasteiger partial charge in [-0.25, -0.2) is 14.6 Å². The normalized spacial score (nSPS) is 10.9. The van der Waals surface area contributed by atoms with E-state index in [4.69, 9.17) is 0 Å². The summed E-state index contributed by atoms with van der Waals surface area (Å²) in [5.41, 5.74) is 0.932. The minimum Gasteiger partial charge on any atom is -0.292 e. The molecule has 3 heterocycles. The van der Waals surface area contributed by atoms with Crippen molar-refractivity contribution in [2.75, 3.05) is 5.32 Å². The Morgan fingerprint density at radius 3 is 2.57 bits per heavy atom. The van der Waals surface area contributed by atoms with Crippen molar-refractivity contribution in [3.8, 4) is 16.4 Å². The molecule has 0 atom stereocenters. The van der Waals surface area contributed by atoms with Gasteiger partial charge in [-0.3, -0.25) is 19.9 Å². The number of benzene rings is 2. The summed E-state index contributed by atoms with van der Waals surface area (Å²) in [6, 6.07) is 20.2. The van der Waals surface area contributed by atoms with Crippen molar-refractivity contribution in [2.45, 2.75) is 0 Å². The van der Waals surface area contributed by atoms with Gasteiger partial charge in [0.1, 0.15) is 0 Å². The lowest BCUT2D eigenvalue weighted by atomic mass is 10.2. The van der Waals surface area contributed by atoms with Crippen molar-refractivity contribution < 1.29 is 4.79 Å². The molecule has 0 aliphatic rings. The van der Waals surface area contributed by atoms with Gasteiger partial charge in [0.15, 0.2) is 5.82 Å². The Morgan fingerprint density at radius 1 is 0.967 bits per heavy atom. The fourth-order valence-corrected chi connectivity index (χ4v) is 3.73. The highest BCUT2D eigenvalue weighted by atomic mass is 32.1. The predicted molar refractivity (Wildman–Crippen MR) is 115 cm³/mol. The van der Waals surface area contributed by atoms with Crippen molar-refractivity contribution in [1.82, 2.24) is 24.7 Å². The number of anilines is 1. The van der Waals surface area contributed by atoms with Gasteiger partial charge in [0.05, 0.1) is 21.5 Å². The topological polar surface area (TPSA) is 106 Å². The molecule has 0 spiro atoms. The summed E-state index contributed by atoms with van der Waals surface area (Å²) < 4.78 is 1.62.